The van der Waals surface area contributed by atoms with Gasteiger partial charge in [-0.25, -0.2) is 9.13 Å². The summed E-state index contributed by atoms with van der Waals surface area (Å²) < 4.78 is 4.61. The minimum Gasteiger partial charge on any atom is -1.00 e. The molecule has 1 heterocycles. The van der Waals surface area contributed by atoms with Crippen LogP contribution in [0.1, 0.15) is 12.7 Å². The fourth-order valence-corrected chi connectivity index (χ4v) is 2.94. The van der Waals surface area contributed by atoms with Gasteiger partial charge in [-0.2, -0.15) is 0 Å². The van der Waals surface area contributed by atoms with Crippen molar-refractivity contribution in [2.24, 2.45) is 7.05 Å². The van der Waals surface area contributed by atoms with Crippen LogP contribution in [0.25, 0.3) is 17.1 Å². The van der Waals surface area contributed by atoms with E-state index in [0.717, 1.165) is 6.54 Å². The molecule has 2 aromatic rings. The van der Waals surface area contributed by atoms with Crippen molar-refractivity contribution in [2.45, 2.75) is 13.5 Å². The Balaban J connectivity index is 0.000000421. The molecule has 2 fully saturated rings. The first-order chi connectivity index (χ1) is 11.8. The first-order valence-electron chi connectivity index (χ1n) is 8.28. The largest absolute Gasteiger partial charge is 2.00 e. The fraction of sp³-hybridized carbons (Fsp3) is 0.136. The third kappa shape index (κ3) is 5.84. The zero-order chi connectivity index (χ0) is 16.8. The molecule has 2 nitrogen and oxygen atoms in total. The summed E-state index contributed by atoms with van der Waals surface area (Å²) in [6.07, 6.45) is 22.8. The molecule has 0 amide bonds. The Labute approximate surface area is 186 Å². The Hall–Kier alpha value is -0.321. The predicted molar refractivity (Wildman–Crippen MR) is 99.8 cm³/mol. The predicted octanol–water partition coefficient (Wildman–Crippen LogP) is 0.927. The number of aryl methyl sites for hydroxylation is 1. The second kappa shape index (κ2) is 12.2. The number of nitrogens with zero attached hydrogens (tertiary/aromatic N) is 2. The van der Waals surface area contributed by atoms with Gasteiger partial charge in [0, 0.05) is 12.0 Å². The van der Waals surface area contributed by atoms with Crippen LogP contribution in [0.4, 0.5) is 0 Å². The van der Waals surface area contributed by atoms with Gasteiger partial charge in [0.1, 0.15) is 0 Å². The topological polar surface area (TPSA) is 8.81 Å². The first-order valence-corrected chi connectivity index (χ1v) is 8.28. The van der Waals surface area contributed by atoms with Gasteiger partial charge in [-0.3, -0.25) is 0 Å². The summed E-state index contributed by atoms with van der Waals surface area (Å²) in [5.74, 6) is 2.57. The van der Waals surface area contributed by atoms with E-state index in [-0.39, 0.29) is 41.0 Å². The maximum absolute atomic E-state index is 2.37. The molecule has 0 spiro atoms. The molecule has 2 saturated carbocycles. The second-order valence-electron chi connectivity index (χ2n) is 5.75. The van der Waals surface area contributed by atoms with Crippen molar-refractivity contribution < 1.29 is 45.6 Å². The number of aromatic nitrogens is 2. The van der Waals surface area contributed by atoms with Gasteiger partial charge in [-0.15, -0.1) is 0 Å². The number of fused-ring (bicyclic) bond motifs is 1. The smallest absolute Gasteiger partial charge is 1.00 e. The van der Waals surface area contributed by atoms with E-state index in [1.807, 2.05) is 32.1 Å². The van der Waals surface area contributed by atoms with Gasteiger partial charge in [0.25, 0.3) is 5.82 Å². The number of allylic oxidation sites excluding steroid dienone is 1. The van der Waals surface area contributed by atoms with Gasteiger partial charge in [0.2, 0.25) is 0 Å². The molecular formula is C22H23FeIN2+2. The van der Waals surface area contributed by atoms with E-state index in [4.69, 9.17) is 0 Å². The van der Waals surface area contributed by atoms with E-state index in [0.29, 0.717) is 0 Å². The molecule has 0 atom stereocenters. The van der Waals surface area contributed by atoms with E-state index >= 15 is 0 Å². The van der Waals surface area contributed by atoms with Crippen molar-refractivity contribution in [3.63, 3.8) is 0 Å². The van der Waals surface area contributed by atoms with Crippen LogP contribution < -0.4 is 28.5 Å². The molecule has 10 radical (unpaired) electrons. The Bertz CT molecular complexity index is 675. The summed E-state index contributed by atoms with van der Waals surface area (Å²) >= 11 is 0. The van der Waals surface area contributed by atoms with Crippen molar-refractivity contribution in [2.75, 3.05) is 0 Å². The molecule has 134 valence electrons. The van der Waals surface area contributed by atoms with E-state index in [2.05, 4.69) is 85.2 Å². The molecule has 0 bridgehead atoms. The second-order valence-corrected chi connectivity index (χ2v) is 5.75. The molecule has 4 rings (SSSR count). The summed E-state index contributed by atoms with van der Waals surface area (Å²) in [7, 11) is 2.12. The van der Waals surface area contributed by atoms with Crippen molar-refractivity contribution in [3.05, 3.63) is 99.9 Å². The first kappa shape index (κ1) is 23.7. The standard InChI is InChI=1S/C17H18N2.C5H5.Fe.HI/c1-3-8-17-18(2)15-11-6-7-12-16(15)19(17)13-14-9-4-5-10-14;1-2-4-5-3-1;;/h3-12H,13H2,1-2H3;1-5H;;1H/q+1;;+2;/p-1/b8-3+;;;. The Kier molecular flexibility index (Phi) is 11.1. The molecule has 0 aliphatic heterocycles. The van der Waals surface area contributed by atoms with Crippen LogP contribution in [-0.4, -0.2) is 4.57 Å². The van der Waals surface area contributed by atoms with E-state index < -0.39 is 0 Å². The molecular weight excluding hydrogens is 475 g/mol. The summed E-state index contributed by atoms with van der Waals surface area (Å²) in [5, 5.41) is 0. The number of halogens is 1. The summed E-state index contributed by atoms with van der Waals surface area (Å²) in [4.78, 5) is 0. The molecule has 2 aliphatic rings. The Morgan fingerprint density at radius 1 is 0.923 bits per heavy atom. The monoisotopic (exact) mass is 498 g/mol. The molecule has 26 heavy (non-hydrogen) atoms. The summed E-state index contributed by atoms with van der Waals surface area (Å²) in [6.45, 7) is 2.97. The van der Waals surface area contributed by atoms with Crippen molar-refractivity contribution >= 4 is 17.1 Å². The van der Waals surface area contributed by atoms with Gasteiger partial charge in [0.15, 0.2) is 11.0 Å². The number of rotatable bonds is 3. The van der Waals surface area contributed by atoms with Crippen LogP contribution in [0.3, 0.4) is 0 Å². The molecule has 1 aromatic heterocycles. The van der Waals surface area contributed by atoms with Gasteiger partial charge in [-0.05, 0) is 76.8 Å². The van der Waals surface area contributed by atoms with Crippen LogP contribution in [0.5, 0.6) is 0 Å². The normalized spacial score (nSPS) is 17.0. The third-order valence-corrected chi connectivity index (χ3v) is 4.10. The molecule has 0 unspecified atom stereocenters. The Morgan fingerprint density at radius 2 is 1.50 bits per heavy atom. The van der Waals surface area contributed by atoms with Crippen LogP contribution in [0, 0.1) is 63.7 Å². The van der Waals surface area contributed by atoms with Crippen LogP contribution >= 0.6 is 0 Å². The van der Waals surface area contributed by atoms with Gasteiger partial charge < -0.3 is 24.0 Å². The van der Waals surface area contributed by atoms with Crippen molar-refractivity contribution in [1.82, 2.24) is 4.57 Å². The average Bonchev–Trinajstić information content (AvgIpc) is 3.36. The number of benzene rings is 1. The number of para-hydroxylation sites is 2. The Morgan fingerprint density at radius 3 is 2.08 bits per heavy atom. The number of hydrogen-bond donors (Lipinski definition) is 0. The fourth-order valence-electron chi connectivity index (χ4n) is 2.94. The number of imidazole rings is 1. The summed E-state index contributed by atoms with van der Waals surface area (Å²) in [5.41, 5.74) is 2.54. The van der Waals surface area contributed by atoms with Crippen LogP contribution in [0.2, 0.25) is 0 Å². The van der Waals surface area contributed by atoms with Gasteiger partial charge in [0.05, 0.1) is 13.6 Å². The molecule has 1 aromatic carbocycles. The third-order valence-electron chi connectivity index (χ3n) is 4.10. The number of hydrogen-bond acceptors (Lipinski definition) is 0. The van der Waals surface area contributed by atoms with Crippen molar-refractivity contribution in [1.29, 1.82) is 0 Å². The SMILES string of the molecule is C/C=C/c1n(C[C]2[CH][CH][CH][CH]2)c2ccccc2[n+]1C.[CH]1[CH][CH][CH][CH]1.[Fe+2].[I-]. The molecule has 2 aliphatic carbocycles. The minimum atomic E-state index is 0. The quantitative estimate of drug-likeness (QED) is 0.339. The van der Waals surface area contributed by atoms with Crippen LogP contribution in [0.15, 0.2) is 30.3 Å². The molecule has 4 heteroatoms. The maximum Gasteiger partial charge on any atom is 2.00 e. The zero-order valence-electron chi connectivity index (χ0n) is 15.0. The average molecular weight is 498 g/mol. The van der Waals surface area contributed by atoms with Crippen LogP contribution in [-0.2, 0) is 30.7 Å². The zero-order valence-corrected chi connectivity index (χ0v) is 18.3. The van der Waals surface area contributed by atoms with E-state index in [9.17, 15) is 0 Å². The minimum absolute atomic E-state index is 0. The molecule has 0 N–H and O–H groups in total. The molecule has 0 saturated heterocycles. The van der Waals surface area contributed by atoms with E-state index in [1.54, 1.807) is 0 Å². The van der Waals surface area contributed by atoms with E-state index in [1.165, 1.54) is 22.8 Å². The van der Waals surface area contributed by atoms with Gasteiger partial charge in [-0.1, -0.05) is 18.2 Å². The maximum atomic E-state index is 2.37. The van der Waals surface area contributed by atoms with Crippen molar-refractivity contribution in [3.8, 4) is 0 Å². The van der Waals surface area contributed by atoms with Gasteiger partial charge >= 0.3 is 17.1 Å². The summed E-state index contributed by atoms with van der Waals surface area (Å²) in [6, 6.07) is 8.55.